The van der Waals surface area contributed by atoms with Crippen LogP contribution in [0.1, 0.15) is 43.7 Å². The molecule has 2 aliphatic rings. The molecule has 184 valence electrons. The Bertz CT molecular complexity index is 1630. The summed E-state index contributed by atoms with van der Waals surface area (Å²) in [5.41, 5.74) is 1.51. The second-order valence-corrected chi connectivity index (χ2v) is 9.64. The van der Waals surface area contributed by atoms with Crippen molar-refractivity contribution in [2.75, 3.05) is 6.61 Å². The fourth-order valence-corrected chi connectivity index (χ4v) is 6.11. The summed E-state index contributed by atoms with van der Waals surface area (Å²) in [7, 11) is 0. The van der Waals surface area contributed by atoms with Crippen LogP contribution >= 0.6 is 0 Å². The van der Waals surface area contributed by atoms with Gasteiger partial charge in [-0.2, -0.15) is 0 Å². The number of aromatic nitrogens is 1. The van der Waals surface area contributed by atoms with Crippen molar-refractivity contribution in [2.45, 2.75) is 43.8 Å². The molecule has 1 fully saturated rings. The van der Waals surface area contributed by atoms with Gasteiger partial charge in [-0.25, -0.2) is 9.69 Å². The molecule has 6 rings (SSSR count). The number of hydrogen-bond acceptors (Lipinski definition) is 4. The van der Waals surface area contributed by atoms with Crippen molar-refractivity contribution in [1.82, 2.24) is 4.57 Å². The minimum Gasteiger partial charge on any atom is -0.494 e. The fraction of sp³-hybridized carbons (Fsp3) is 0.267. The molecule has 0 spiro atoms. The van der Waals surface area contributed by atoms with E-state index < -0.39 is 11.2 Å². The van der Waals surface area contributed by atoms with Gasteiger partial charge in [0.1, 0.15) is 11.4 Å². The molecule has 0 saturated carbocycles. The topological polar surface area (TPSA) is 72.6 Å². The highest BCUT2D eigenvalue weighted by atomic mass is 16.5. The van der Waals surface area contributed by atoms with Gasteiger partial charge in [0.05, 0.1) is 42.2 Å². The van der Waals surface area contributed by atoms with Crippen LogP contribution in [0, 0.1) is 13.1 Å². The monoisotopic (exact) mass is 491 g/mol. The van der Waals surface area contributed by atoms with Gasteiger partial charge in [0, 0.05) is 6.42 Å². The molecule has 3 aromatic carbocycles. The van der Waals surface area contributed by atoms with E-state index in [9.17, 15) is 10.2 Å². The van der Waals surface area contributed by atoms with Gasteiger partial charge >= 0.3 is 0 Å². The summed E-state index contributed by atoms with van der Waals surface area (Å²) in [6.07, 6.45) is 2.61. The van der Waals surface area contributed by atoms with Gasteiger partial charge < -0.3 is 19.7 Å². The highest BCUT2D eigenvalue weighted by Gasteiger charge is 2.62. The summed E-state index contributed by atoms with van der Waals surface area (Å²) >= 11 is 0. The summed E-state index contributed by atoms with van der Waals surface area (Å²) in [5.74, 6) is 0.606. The summed E-state index contributed by atoms with van der Waals surface area (Å²) in [4.78, 5) is 7.04. The number of fused-ring (bicyclic) bond motifs is 6. The number of aromatic hydroxyl groups is 2. The first-order chi connectivity index (χ1) is 18.0. The van der Waals surface area contributed by atoms with E-state index in [4.69, 9.17) is 22.6 Å². The molecule has 3 heterocycles. The summed E-state index contributed by atoms with van der Waals surface area (Å²) in [6.45, 7) is 17.0. The zero-order chi connectivity index (χ0) is 25.8. The van der Waals surface area contributed by atoms with Crippen molar-refractivity contribution in [2.24, 2.45) is 0 Å². The molecule has 1 aromatic heterocycles. The van der Waals surface area contributed by atoms with E-state index in [0.717, 1.165) is 17.2 Å². The van der Waals surface area contributed by atoms with E-state index in [1.807, 2.05) is 31.2 Å². The molecule has 37 heavy (non-hydrogen) atoms. The van der Waals surface area contributed by atoms with Crippen LogP contribution in [-0.4, -0.2) is 21.4 Å². The molecular formula is C30H25N3O4. The Labute approximate surface area is 214 Å². The largest absolute Gasteiger partial charge is 0.494 e. The third-order valence-electron chi connectivity index (χ3n) is 7.91. The molecule has 7 heteroatoms. The van der Waals surface area contributed by atoms with Gasteiger partial charge in [0.25, 0.3) is 0 Å². The number of nitrogens with zero attached hydrogens (tertiary/aromatic N) is 3. The third-order valence-corrected chi connectivity index (χ3v) is 7.91. The maximum atomic E-state index is 11.6. The van der Waals surface area contributed by atoms with Crippen LogP contribution in [0.4, 0.5) is 11.4 Å². The van der Waals surface area contributed by atoms with E-state index in [0.29, 0.717) is 59.8 Å². The van der Waals surface area contributed by atoms with Crippen molar-refractivity contribution in [1.29, 1.82) is 0 Å². The quantitative estimate of drug-likeness (QED) is 0.279. The summed E-state index contributed by atoms with van der Waals surface area (Å²) in [6, 6.07) is 18.0. The van der Waals surface area contributed by atoms with E-state index >= 15 is 0 Å². The number of ether oxygens (including phenoxy) is 2. The van der Waals surface area contributed by atoms with E-state index in [-0.39, 0.29) is 11.8 Å². The predicted octanol–water partition coefficient (Wildman–Crippen LogP) is 7.24. The average Bonchev–Trinajstić information content (AvgIpc) is 3.55. The Morgan fingerprint density at radius 3 is 2.24 bits per heavy atom. The fourth-order valence-electron chi connectivity index (χ4n) is 6.11. The normalized spacial score (nSPS) is 21.5. The number of rotatable bonds is 6. The van der Waals surface area contributed by atoms with Crippen molar-refractivity contribution >= 4 is 22.1 Å². The molecule has 1 saturated heterocycles. The molecule has 2 unspecified atom stereocenters. The molecule has 0 aliphatic carbocycles. The number of benzene rings is 3. The molecule has 4 aromatic rings. The third kappa shape index (κ3) is 3.21. The van der Waals surface area contributed by atoms with Crippen molar-refractivity contribution in [3.63, 3.8) is 0 Å². The predicted molar refractivity (Wildman–Crippen MR) is 140 cm³/mol. The first kappa shape index (κ1) is 23.0. The minimum atomic E-state index is -0.777. The summed E-state index contributed by atoms with van der Waals surface area (Å²) < 4.78 is 14.1. The van der Waals surface area contributed by atoms with E-state index in [2.05, 4.69) is 9.69 Å². The Kier molecular flexibility index (Phi) is 5.15. The smallest absolute Gasteiger partial charge is 0.205 e. The molecular weight excluding hydrogens is 466 g/mol. The lowest BCUT2D eigenvalue weighted by molar-refractivity contribution is -0.0986. The maximum Gasteiger partial charge on any atom is 0.205 e. The second-order valence-electron chi connectivity index (χ2n) is 9.64. The van der Waals surface area contributed by atoms with Gasteiger partial charge in [-0.15, -0.1) is 0 Å². The van der Waals surface area contributed by atoms with Gasteiger partial charge in [-0.05, 0) is 48.2 Å². The standard InChI is InChI=1S/C30H25N3O4/c1-4-29-15-16-30(37-29,17-18-36-20-11-9-19(31-2)10-12-20)26-25(29)27(34)33(28(26)35)24-14-13-23(32-3)21-7-5-6-8-22(21)24/h5-14,34-35H,4,15-18H2,1H3. The van der Waals surface area contributed by atoms with Crippen molar-refractivity contribution in [3.8, 4) is 23.2 Å². The Balaban J connectivity index is 1.42. The van der Waals surface area contributed by atoms with Gasteiger partial charge in [0.15, 0.2) is 11.4 Å². The molecule has 0 radical (unpaired) electrons. The zero-order valence-corrected chi connectivity index (χ0v) is 20.4. The lowest BCUT2D eigenvalue weighted by atomic mass is 9.76. The van der Waals surface area contributed by atoms with E-state index in [1.54, 1.807) is 36.4 Å². The van der Waals surface area contributed by atoms with Crippen molar-refractivity contribution < 1.29 is 19.7 Å². The zero-order valence-electron chi connectivity index (χ0n) is 20.4. The van der Waals surface area contributed by atoms with Crippen LogP contribution in [0.15, 0.2) is 60.7 Å². The van der Waals surface area contributed by atoms with Gasteiger partial charge in [-0.1, -0.05) is 49.4 Å². The second kappa shape index (κ2) is 8.30. The first-order valence-electron chi connectivity index (χ1n) is 12.3. The molecule has 2 bridgehead atoms. The van der Waals surface area contributed by atoms with Crippen LogP contribution in [0.5, 0.6) is 17.5 Å². The van der Waals surface area contributed by atoms with Crippen LogP contribution in [0.2, 0.25) is 0 Å². The van der Waals surface area contributed by atoms with Crippen LogP contribution in [-0.2, 0) is 15.9 Å². The maximum absolute atomic E-state index is 11.6. The highest BCUT2D eigenvalue weighted by Crippen LogP contribution is 2.66. The van der Waals surface area contributed by atoms with Crippen molar-refractivity contribution in [3.05, 3.63) is 94.6 Å². The average molecular weight is 492 g/mol. The lowest BCUT2D eigenvalue weighted by Gasteiger charge is -2.27. The molecule has 0 amide bonds. The van der Waals surface area contributed by atoms with Crippen LogP contribution in [0.3, 0.4) is 0 Å². The molecule has 2 aliphatic heterocycles. The van der Waals surface area contributed by atoms with Gasteiger partial charge in [0.2, 0.25) is 11.8 Å². The summed E-state index contributed by atoms with van der Waals surface area (Å²) in [5, 5.41) is 24.7. The molecule has 2 N–H and O–H groups in total. The Morgan fingerprint density at radius 2 is 1.57 bits per heavy atom. The molecule has 7 nitrogen and oxygen atoms in total. The molecule has 2 atom stereocenters. The SMILES string of the molecule is [C-]#[N+]c1ccc(OCCC23CCC(CC)(O2)c2c3c(O)n(-c3ccc([N+]#[C-])c4ccccc34)c2O)cc1. The minimum absolute atomic E-state index is 0.0210. The number of hydrogen-bond donors (Lipinski definition) is 2. The van der Waals surface area contributed by atoms with E-state index in [1.165, 1.54) is 4.57 Å². The van der Waals surface area contributed by atoms with Crippen LogP contribution in [0.25, 0.3) is 26.1 Å². The van der Waals surface area contributed by atoms with Gasteiger partial charge in [-0.3, -0.25) is 4.57 Å². The first-order valence-corrected chi connectivity index (χ1v) is 12.3. The highest BCUT2D eigenvalue weighted by molar-refractivity contribution is 6.00. The Hall–Kier alpha value is -4.46. The Morgan fingerprint density at radius 1 is 0.892 bits per heavy atom. The van der Waals surface area contributed by atoms with Crippen LogP contribution < -0.4 is 4.74 Å². The lowest BCUT2D eigenvalue weighted by Crippen LogP contribution is -2.25.